The Hall–Kier alpha value is -9.72. The minimum Gasteiger partial charge on any atom is -0.393 e. The van der Waals surface area contributed by atoms with Crippen molar-refractivity contribution in [2.75, 3.05) is 67.2 Å². The Morgan fingerprint density at radius 1 is 0.483 bits per heavy atom. The number of nitrogen functional groups attached to an aromatic ring is 1. The number of rotatable bonds is 8. The average molecular weight is 2030 g/mol. The number of piperidine rings is 3. The van der Waals surface area contributed by atoms with Crippen LogP contribution in [0.15, 0.2) is 172 Å². The summed E-state index contributed by atoms with van der Waals surface area (Å²) < 4.78 is 13.7. The molecule has 0 aliphatic carbocycles. The van der Waals surface area contributed by atoms with Gasteiger partial charge in [-0.25, -0.2) is 94.1 Å². The molecular weight excluding hydrogens is 1950 g/mol. The van der Waals surface area contributed by atoms with E-state index in [4.69, 9.17) is 91.9 Å². The number of aromatic nitrogens is 28. The molecule has 17 aromatic rings. The van der Waals surface area contributed by atoms with Crippen LogP contribution in [0.4, 0.5) is 23.1 Å². The van der Waals surface area contributed by atoms with Crippen molar-refractivity contribution in [3.05, 3.63) is 205 Å². The Balaban J connectivity index is 0.000000126. The molecule has 8 N–H and O–H groups in total. The zero-order valence-electron chi connectivity index (χ0n) is 64.2. The van der Waals surface area contributed by atoms with Crippen molar-refractivity contribution in [1.82, 2.24) is 142 Å². The van der Waals surface area contributed by atoms with Gasteiger partial charge in [-0.2, -0.15) is 0 Å². The molecule has 3 fully saturated rings. The molecule has 3 aromatic carbocycles. The molecule has 47 heteroatoms. The minimum atomic E-state index is -1.36. The van der Waals surface area contributed by atoms with E-state index in [1.165, 1.54) is 19.0 Å². The largest absolute Gasteiger partial charge is 0.393 e. The van der Waals surface area contributed by atoms with Crippen LogP contribution in [-0.4, -0.2) is 189 Å². The van der Waals surface area contributed by atoms with E-state index < -0.39 is 6.49 Å². The molecule has 626 valence electrons. The highest BCUT2D eigenvalue weighted by Crippen LogP contribution is 2.51. The number of nitrogens with two attached hydrogens (primary N) is 1. The van der Waals surface area contributed by atoms with Gasteiger partial charge < -0.3 is 59.8 Å². The first-order valence-corrected chi connectivity index (χ1v) is 42.5. The third-order valence-electron chi connectivity index (χ3n) is 19.5. The van der Waals surface area contributed by atoms with Gasteiger partial charge in [0.25, 0.3) is 0 Å². The molecule has 0 radical (unpaired) electrons. The van der Waals surface area contributed by atoms with E-state index in [0.29, 0.717) is 43.6 Å². The highest BCUT2D eigenvalue weighted by Gasteiger charge is 2.43. The first-order chi connectivity index (χ1) is 57.7. The van der Waals surface area contributed by atoms with E-state index in [-0.39, 0.29) is 34.3 Å². The standard InChI is InChI=1S/C21H21N9O.C18H18BrN7O.C12H15N3O.C6H4BrClN4.C6H5ClN4.C5H7ClN4.C3H4N2.C2Br2Cl4/c1-27-18-17(26-20(27)29-11-8-22-13-29)19(24-12-23-18)28-9-6-14(7-10-28)30-16-5-3-2-4-15(16)25-21(30)31;1-24-15-14(23-17(24)19)16(21-10-20-15)25-8-6-11(7-9-25)26-13-5-3-2-4-12(13)22-18(26)27;16-12-14-10-3-1-2-4-11(10)15(12)9-5-7-13-8-6-9;1-12-5-3(11-6(12)7)4(8)9-2-10-5;1-11-3-10-4-5(7)8-2-9-6(4)11;1-8-5-3(7)4(6)9-2-10-5;1-2-5-3-4-1;3-1(5,6)2(4,7)8/h2-5,8,11-14H,6-7,9-10H2,1H3,(H,25,31);2-5,10-11H,6-9H2,1H3,(H,22,27);1-4,9,13H,5-8H2,(H,14,16);2H,1H3;2-3H,1H3;2H,7H2,1H3,(H,8,9,10);1-3H,(H,4,5);. The van der Waals surface area contributed by atoms with Crippen molar-refractivity contribution in [3.8, 4) is 5.95 Å². The fraction of sp³-hybridized carbons (Fsp3) is 0.301. The first-order valence-electron chi connectivity index (χ1n) is 36.7. The second-order valence-electron chi connectivity index (χ2n) is 26.9. The topological polar surface area (TPSA) is 417 Å². The van der Waals surface area contributed by atoms with Gasteiger partial charge in [-0.3, -0.25) is 22.8 Å². The Morgan fingerprint density at radius 3 is 1.33 bits per heavy atom. The number of benzene rings is 3. The first kappa shape index (κ1) is 88.1. The van der Waals surface area contributed by atoms with Gasteiger partial charge in [0.2, 0.25) is 12.4 Å². The molecule has 17 heterocycles. The number of anilines is 4. The van der Waals surface area contributed by atoms with Gasteiger partial charge in [0.1, 0.15) is 54.7 Å². The third-order valence-corrected chi connectivity index (χ3v) is 26.0. The monoisotopic (exact) mass is 2020 g/mol. The van der Waals surface area contributed by atoms with Crippen LogP contribution in [0.3, 0.4) is 0 Å². The Kier molecular flexibility index (Phi) is 28.9. The van der Waals surface area contributed by atoms with Crippen molar-refractivity contribution in [1.29, 1.82) is 0 Å². The van der Waals surface area contributed by atoms with Crippen LogP contribution in [0.2, 0.25) is 15.5 Å². The number of aromatic amines is 4. The number of imidazole rings is 9. The summed E-state index contributed by atoms with van der Waals surface area (Å²) in [4.78, 5) is 119. The maximum absolute atomic E-state index is 12.6. The van der Waals surface area contributed by atoms with Gasteiger partial charge in [-0.1, -0.05) is 118 Å². The van der Waals surface area contributed by atoms with Gasteiger partial charge in [0, 0.05) is 104 Å². The molecule has 0 spiro atoms. The van der Waals surface area contributed by atoms with Crippen LogP contribution in [0.1, 0.15) is 56.7 Å². The Labute approximate surface area is 750 Å². The number of aryl methyl sites for hydroxylation is 4. The fourth-order valence-corrected chi connectivity index (χ4v) is 14.9. The summed E-state index contributed by atoms with van der Waals surface area (Å²) in [5.74, 6) is 2.98. The number of hydrogen-bond acceptors (Lipinski definition) is 24. The predicted octanol–water partition coefficient (Wildman–Crippen LogP) is 13.9. The van der Waals surface area contributed by atoms with E-state index in [9.17, 15) is 14.4 Å². The van der Waals surface area contributed by atoms with Gasteiger partial charge in [0.05, 0.1) is 45.8 Å². The number of alkyl halides is 6. The SMILES string of the molecule is CNc1ncnc(Cl)c1N.ClC(Cl)(Br)C(Cl)(Cl)Br.Cn1c(-n2ccnc2)nc2c(N3CCC(n4c(=O)[nH]c5ccccc54)CC3)ncnc21.Cn1c(Br)nc2c(Cl)ncnc21.Cn1c(Br)nc2c(N3CCC(n4c(=O)[nH]c5ccccc54)CC3)ncnc21.Cn1cnc2c(Cl)ncnc21.O=c1[nH]c2ccccc2n1C1CCNCC1.c1c[nH]cn1. The smallest absolute Gasteiger partial charge is 0.326 e. The lowest BCUT2D eigenvalue weighted by Crippen LogP contribution is -2.37. The molecule has 0 saturated carbocycles. The zero-order chi connectivity index (χ0) is 85.1. The number of nitrogens with zero attached hydrogens (tertiary/aromatic N) is 26. The molecule has 3 aliphatic rings. The number of nitrogens with one attached hydrogen (secondary N) is 6. The summed E-state index contributed by atoms with van der Waals surface area (Å²) in [6.45, 7) is 5.21. The van der Waals surface area contributed by atoms with Gasteiger partial charge in [-0.05, 0) is 152 Å². The van der Waals surface area contributed by atoms with Crippen molar-refractivity contribution in [2.24, 2.45) is 28.2 Å². The lowest BCUT2D eigenvalue weighted by molar-refractivity contribution is 0.368. The second kappa shape index (κ2) is 39.4. The molecule has 0 bridgehead atoms. The second-order valence-corrected chi connectivity index (χ2v) is 36.2. The van der Waals surface area contributed by atoms with Crippen molar-refractivity contribution in [3.63, 3.8) is 0 Å². The van der Waals surface area contributed by atoms with Crippen molar-refractivity contribution >= 4 is 246 Å². The summed E-state index contributed by atoms with van der Waals surface area (Å²) >= 11 is 51.0. The molecule has 0 atom stereocenters. The average Bonchev–Trinajstić information content (AvgIpc) is 1.60. The summed E-state index contributed by atoms with van der Waals surface area (Å²) in [6.07, 6.45) is 24.9. The van der Waals surface area contributed by atoms with E-state index in [1.807, 2.05) is 135 Å². The van der Waals surface area contributed by atoms with Crippen LogP contribution in [0.5, 0.6) is 0 Å². The van der Waals surface area contributed by atoms with Crippen LogP contribution >= 0.6 is 145 Å². The zero-order valence-corrected chi connectivity index (χ0v) is 75.8. The van der Waals surface area contributed by atoms with E-state index in [2.05, 4.69) is 179 Å². The molecule has 0 amide bonds. The van der Waals surface area contributed by atoms with E-state index in [1.54, 1.807) is 66.4 Å². The molecule has 120 heavy (non-hydrogen) atoms. The molecule has 20 rings (SSSR count). The predicted molar refractivity (Wildman–Crippen MR) is 484 cm³/mol. The number of halogens is 11. The molecule has 14 aromatic heterocycles. The highest BCUT2D eigenvalue weighted by atomic mass is 79.9. The summed E-state index contributed by atoms with van der Waals surface area (Å²) in [7, 11) is 9.29. The fourth-order valence-electron chi connectivity index (χ4n) is 13.7. The Bertz CT molecular complexity index is 6480. The lowest BCUT2D eigenvalue weighted by atomic mass is 10.0. The number of para-hydroxylation sites is 6. The van der Waals surface area contributed by atoms with Gasteiger partial charge in [-0.15, -0.1) is 0 Å². The number of H-pyrrole nitrogens is 4. The minimum absolute atomic E-state index is 0.0214. The molecular formula is C73H74Br4Cl7N33O3. The summed E-state index contributed by atoms with van der Waals surface area (Å²) in [5.41, 5.74) is 17.4. The van der Waals surface area contributed by atoms with Gasteiger partial charge >= 0.3 is 17.1 Å². The van der Waals surface area contributed by atoms with Crippen LogP contribution in [-0.2, 0) is 28.2 Å². The maximum Gasteiger partial charge on any atom is 0.326 e. The molecule has 0 unspecified atom stereocenters. The Morgan fingerprint density at radius 2 is 0.908 bits per heavy atom. The maximum atomic E-state index is 12.6. The quantitative estimate of drug-likeness (QED) is 0.0422. The van der Waals surface area contributed by atoms with Crippen molar-refractivity contribution in [2.45, 2.75) is 63.1 Å². The van der Waals surface area contributed by atoms with E-state index >= 15 is 0 Å². The molecule has 3 aliphatic heterocycles. The van der Waals surface area contributed by atoms with Crippen LogP contribution in [0.25, 0.3) is 83.7 Å². The van der Waals surface area contributed by atoms with Crippen LogP contribution < -0.4 is 43.2 Å². The third kappa shape index (κ3) is 20.1. The normalized spacial score (nSPS) is 14.1. The lowest BCUT2D eigenvalue weighted by Gasteiger charge is -2.33. The summed E-state index contributed by atoms with van der Waals surface area (Å²) in [5, 5.41) is 7.15. The van der Waals surface area contributed by atoms with Crippen LogP contribution in [0, 0.1) is 0 Å². The molecule has 3 saturated heterocycles. The molecule has 36 nitrogen and oxygen atoms in total. The van der Waals surface area contributed by atoms with Gasteiger partial charge in [0.15, 0.2) is 76.0 Å². The number of hydrogen-bond donors (Lipinski definition) is 7. The number of fused-ring (bicyclic) bond motifs is 7. The van der Waals surface area contributed by atoms with E-state index in [0.717, 1.165) is 167 Å². The highest BCUT2D eigenvalue weighted by molar-refractivity contribution is 9.14. The van der Waals surface area contributed by atoms with Crippen molar-refractivity contribution < 1.29 is 0 Å². The summed E-state index contributed by atoms with van der Waals surface area (Å²) in [6, 6.07) is 24.3.